The minimum atomic E-state index is -1.06. The van der Waals surface area contributed by atoms with E-state index in [1.54, 1.807) is 55.6 Å². The molecular formula is C26H28ClN5O4S. The Morgan fingerprint density at radius 3 is 2.30 bits per heavy atom. The van der Waals surface area contributed by atoms with Crippen molar-refractivity contribution < 1.29 is 19.1 Å². The summed E-state index contributed by atoms with van der Waals surface area (Å²) >= 11 is 6.88. The molecule has 1 aliphatic rings. The van der Waals surface area contributed by atoms with Gasteiger partial charge in [-0.05, 0) is 66.3 Å². The Morgan fingerprint density at radius 2 is 1.73 bits per heavy atom. The Labute approximate surface area is 223 Å². The summed E-state index contributed by atoms with van der Waals surface area (Å²) in [5.41, 5.74) is 12.2. The lowest BCUT2D eigenvalue weighted by atomic mass is 9.94. The molecule has 9 nitrogen and oxygen atoms in total. The van der Waals surface area contributed by atoms with Crippen molar-refractivity contribution >= 4 is 52.2 Å². The van der Waals surface area contributed by atoms with Crippen LogP contribution in [0.5, 0.6) is 5.75 Å². The number of primary amides is 1. The largest absolute Gasteiger partial charge is 0.497 e. The molecule has 1 aliphatic carbocycles. The Morgan fingerprint density at radius 1 is 1.08 bits per heavy atom. The normalized spacial score (nSPS) is 14.5. The molecule has 1 aromatic heterocycles. The van der Waals surface area contributed by atoms with Crippen LogP contribution in [0.1, 0.15) is 63.9 Å². The van der Waals surface area contributed by atoms with Crippen LogP contribution < -0.4 is 26.4 Å². The number of ether oxygens (including phenoxy) is 1. The van der Waals surface area contributed by atoms with Crippen LogP contribution in [0.2, 0.25) is 5.02 Å². The molecule has 1 unspecified atom stereocenters. The number of carbonyl (C=O) groups excluding carboxylic acids is 3. The maximum absolute atomic E-state index is 14.0. The molecule has 0 spiro atoms. The summed E-state index contributed by atoms with van der Waals surface area (Å²) in [5.74, 6) is -1.16. The van der Waals surface area contributed by atoms with E-state index in [9.17, 15) is 14.4 Å². The number of amides is 3. The molecule has 2 aromatic carbocycles. The number of methoxy groups -OCH3 is 1. The van der Waals surface area contributed by atoms with Crippen molar-refractivity contribution in [3.8, 4) is 5.75 Å². The summed E-state index contributed by atoms with van der Waals surface area (Å²) in [6.45, 7) is 0. The van der Waals surface area contributed by atoms with Crippen LogP contribution in [0, 0.1) is 0 Å². The van der Waals surface area contributed by atoms with E-state index in [1.807, 2.05) is 0 Å². The van der Waals surface area contributed by atoms with Crippen LogP contribution in [0.15, 0.2) is 48.5 Å². The highest BCUT2D eigenvalue weighted by molar-refractivity contribution is 7.09. The molecule has 1 heterocycles. The second-order valence-corrected chi connectivity index (χ2v) is 10.0. The summed E-state index contributed by atoms with van der Waals surface area (Å²) < 4.78 is 9.26. The van der Waals surface area contributed by atoms with Gasteiger partial charge in [0.25, 0.3) is 11.8 Å². The van der Waals surface area contributed by atoms with Crippen molar-refractivity contribution in [2.45, 2.75) is 44.2 Å². The van der Waals surface area contributed by atoms with E-state index in [2.05, 4.69) is 9.69 Å². The fourth-order valence-electron chi connectivity index (χ4n) is 4.45. The predicted molar refractivity (Wildman–Crippen MR) is 144 cm³/mol. The molecule has 3 aromatic rings. The Hall–Kier alpha value is -3.63. The highest BCUT2D eigenvalue weighted by Crippen LogP contribution is 2.34. The first-order chi connectivity index (χ1) is 17.8. The molecule has 1 atom stereocenters. The number of nitrogens with one attached hydrogen (secondary N) is 1. The number of hydrogen-bond donors (Lipinski definition) is 3. The van der Waals surface area contributed by atoms with Crippen LogP contribution in [-0.4, -0.2) is 35.2 Å². The summed E-state index contributed by atoms with van der Waals surface area (Å²) in [6.07, 6.45) is 4.95. The predicted octanol–water partition coefficient (Wildman–Crippen LogP) is 4.32. The molecule has 11 heteroatoms. The lowest BCUT2D eigenvalue weighted by Gasteiger charge is -2.33. The average molecular weight is 542 g/mol. The molecule has 4 rings (SSSR count). The molecular weight excluding hydrogens is 514 g/mol. The van der Waals surface area contributed by atoms with Gasteiger partial charge in [-0.1, -0.05) is 43.0 Å². The van der Waals surface area contributed by atoms with Gasteiger partial charge in [-0.15, -0.1) is 0 Å². The van der Waals surface area contributed by atoms with Gasteiger partial charge in [-0.3, -0.25) is 19.3 Å². The van der Waals surface area contributed by atoms with E-state index in [1.165, 1.54) is 4.90 Å². The van der Waals surface area contributed by atoms with E-state index in [4.69, 9.17) is 27.8 Å². The second kappa shape index (κ2) is 11.6. The number of carbonyl (C=O) groups is 3. The number of hydrogen-bond acceptors (Lipinski definition) is 7. The number of rotatable bonds is 8. The van der Waals surface area contributed by atoms with Gasteiger partial charge < -0.3 is 21.5 Å². The lowest BCUT2D eigenvalue weighted by molar-refractivity contribution is -0.123. The highest BCUT2D eigenvalue weighted by Gasteiger charge is 2.37. The molecule has 0 bridgehead atoms. The second-order valence-electron chi connectivity index (χ2n) is 8.81. The van der Waals surface area contributed by atoms with E-state index < -0.39 is 17.9 Å². The van der Waals surface area contributed by atoms with Crippen molar-refractivity contribution in [2.75, 3.05) is 17.7 Å². The number of halogens is 1. The molecule has 0 saturated heterocycles. The summed E-state index contributed by atoms with van der Waals surface area (Å²) in [7, 11) is 1.55. The molecule has 1 saturated carbocycles. The van der Waals surface area contributed by atoms with Crippen molar-refractivity contribution in [1.82, 2.24) is 9.69 Å². The Balaban J connectivity index is 1.83. The molecule has 194 valence electrons. The maximum atomic E-state index is 14.0. The molecule has 0 aliphatic heterocycles. The summed E-state index contributed by atoms with van der Waals surface area (Å²) in [5, 5.41) is 3.61. The van der Waals surface area contributed by atoms with Gasteiger partial charge >= 0.3 is 0 Å². The zero-order valence-electron chi connectivity index (χ0n) is 20.3. The molecule has 3 amide bonds. The number of nitrogen functional groups attached to an aromatic ring is 1. The standard InChI is InChI=1S/C26H28ClN5O4S/c1-36-19-13-7-15(8-14-19)22(25(34)30-17-5-3-2-4-6-17)32(18-11-9-16(27)10-12-18)26(35)23-20(28)21(24(29)33)31-37-23/h7-14,17,22H,2-6,28H2,1H3,(H2,29,33)(H,30,34). The third-order valence-electron chi connectivity index (χ3n) is 6.37. The third-order valence-corrected chi connectivity index (χ3v) is 7.47. The van der Waals surface area contributed by atoms with Gasteiger partial charge in [0.15, 0.2) is 5.69 Å². The van der Waals surface area contributed by atoms with Gasteiger partial charge in [-0.25, -0.2) is 0 Å². The summed E-state index contributed by atoms with van der Waals surface area (Å²) in [4.78, 5) is 41.1. The van der Waals surface area contributed by atoms with Crippen LogP contribution in [0.4, 0.5) is 11.4 Å². The van der Waals surface area contributed by atoms with Crippen LogP contribution in [0.3, 0.4) is 0 Å². The fraction of sp³-hybridized carbons (Fsp3) is 0.308. The van der Waals surface area contributed by atoms with Crippen LogP contribution in [0.25, 0.3) is 0 Å². The van der Waals surface area contributed by atoms with Gasteiger partial charge in [0, 0.05) is 16.8 Å². The quantitative estimate of drug-likeness (QED) is 0.388. The fourth-order valence-corrected chi connectivity index (χ4v) is 5.32. The zero-order chi connectivity index (χ0) is 26.5. The number of benzene rings is 2. The van der Waals surface area contributed by atoms with Crippen LogP contribution in [-0.2, 0) is 4.79 Å². The van der Waals surface area contributed by atoms with Crippen molar-refractivity contribution in [3.05, 3.63) is 69.7 Å². The average Bonchev–Trinajstić information content (AvgIpc) is 3.29. The topological polar surface area (TPSA) is 141 Å². The van der Waals surface area contributed by atoms with Gasteiger partial charge in [0.2, 0.25) is 5.91 Å². The molecule has 1 fully saturated rings. The highest BCUT2D eigenvalue weighted by atomic mass is 35.5. The van der Waals surface area contributed by atoms with Crippen molar-refractivity contribution in [1.29, 1.82) is 0 Å². The van der Waals surface area contributed by atoms with Crippen molar-refractivity contribution in [2.24, 2.45) is 5.73 Å². The smallest absolute Gasteiger partial charge is 0.273 e. The van der Waals surface area contributed by atoms with E-state index in [0.29, 0.717) is 22.0 Å². The maximum Gasteiger partial charge on any atom is 0.273 e. The number of anilines is 2. The Kier molecular flexibility index (Phi) is 8.30. The van der Waals surface area contributed by atoms with Crippen LogP contribution >= 0.6 is 23.1 Å². The Bertz CT molecular complexity index is 1270. The van der Waals surface area contributed by atoms with Crippen molar-refractivity contribution in [3.63, 3.8) is 0 Å². The number of nitrogens with zero attached hydrogens (tertiary/aromatic N) is 2. The first-order valence-electron chi connectivity index (χ1n) is 11.9. The number of nitrogens with two attached hydrogens (primary N) is 2. The molecule has 5 N–H and O–H groups in total. The van der Waals surface area contributed by atoms with E-state index in [0.717, 1.165) is 43.6 Å². The van der Waals surface area contributed by atoms with Gasteiger partial charge in [0.05, 0.1) is 12.8 Å². The van der Waals surface area contributed by atoms with E-state index >= 15 is 0 Å². The minimum absolute atomic E-state index is 0.00716. The zero-order valence-corrected chi connectivity index (χ0v) is 21.8. The SMILES string of the molecule is COc1ccc(C(C(=O)NC2CCCCC2)N(C(=O)c2snc(C(N)=O)c2N)c2ccc(Cl)cc2)cc1. The third kappa shape index (κ3) is 5.86. The van der Waals surface area contributed by atoms with E-state index in [-0.39, 0.29) is 28.2 Å². The lowest BCUT2D eigenvalue weighted by Crippen LogP contribution is -2.47. The monoisotopic (exact) mass is 541 g/mol. The first kappa shape index (κ1) is 26.4. The first-order valence-corrected chi connectivity index (χ1v) is 13.0. The minimum Gasteiger partial charge on any atom is -0.497 e. The van der Waals surface area contributed by atoms with Gasteiger partial charge in [-0.2, -0.15) is 4.37 Å². The summed E-state index contributed by atoms with van der Waals surface area (Å²) in [6, 6.07) is 12.5. The number of aromatic nitrogens is 1. The molecule has 0 radical (unpaired) electrons. The van der Waals surface area contributed by atoms with Gasteiger partial charge in [0.1, 0.15) is 16.7 Å². The molecule has 37 heavy (non-hydrogen) atoms.